The van der Waals surface area contributed by atoms with Gasteiger partial charge in [0.2, 0.25) is 5.76 Å². The minimum atomic E-state index is -0.461. The molecule has 0 aliphatic rings. The molecule has 0 amide bonds. The van der Waals surface area contributed by atoms with Gasteiger partial charge in [0.25, 0.3) is 0 Å². The van der Waals surface area contributed by atoms with Gasteiger partial charge in [0.1, 0.15) is 11.9 Å². The van der Waals surface area contributed by atoms with Crippen molar-refractivity contribution in [3.8, 4) is 0 Å². The quantitative estimate of drug-likeness (QED) is 0.698. The average molecular weight is 198 g/mol. The first-order chi connectivity index (χ1) is 6.60. The Morgan fingerprint density at radius 2 is 2.14 bits per heavy atom. The summed E-state index contributed by atoms with van der Waals surface area (Å²) in [6.45, 7) is 3.64. The summed E-state index contributed by atoms with van der Waals surface area (Å²) in [5.41, 5.74) is 0.760. The molecular formula is C10H14O4. The fraction of sp³-hybridized carbons (Fsp3) is 0.500. The second-order valence-corrected chi connectivity index (χ2v) is 3.03. The maximum atomic E-state index is 11.2. The van der Waals surface area contributed by atoms with E-state index in [0.29, 0.717) is 5.76 Å². The first kappa shape index (κ1) is 10.8. The van der Waals surface area contributed by atoms with E-state index < -0.39 is 5.97 Å². The number of hydrogen-bond donors (Lipinski definition) is 0. The van der Waals surface area contributed by atoms with E-state index in [4.69, 9.17) is 9.15 Å². The molecule has 0 N–H and O–H groups in total. The van der Waals surface area contributed by atoms with Crippen LogP contribution in [0.2, 0.25) is 0 Å². The highest BCUT2D eigenvalue weighted by molar-refractivity contribution is 5.87. The van der Waals surface area contributed by atoms with Crippen LogP contribution in [0.5, 0.6) is 0 Å². The molecule has 1 aromatic heterocycles. The predicted molar refractivity (Wildman–Crippen MR) is 50.2 cm³/mol. The van der Waals surface area contributed by atoms with Gasteiger partial charge in [0, 0.05) is 12.7 Å². The molecule has 0 saturated carbocycles. The topological polar surface area (TPSA) is 48.7 Å². The van der Waals surface area contributed by atoms with Gasteiger partial charge in [0.15, 0.2) is 0 Å². The van der Waals surface area contributed by atoms with Gasteiger partial charge in [-0.25, -0.2) is 4.79 Å². The van der Waals surface area contributed by atoms with Crippen LogP contribution in [0.25, 0.3) is 0 Å². The summed E-state index contributed by atoms with van der Waals surface area (Å²) in [5.74, 6) is 0.411. The third kappa shape index (κ3) is 1.96. The molecule has 1 rings (SSSR count). The molecule has 14 heavy (non-hydrogen) atoms. The number of ether oxygens (including phenoxy) is 2. The van der Waals surface area contributed by atoms with Crippen LogP contribution < -0.4 is 0 Å². The summed E-state index contributed by atoms with van der Waals surface area (Å²) < 4.78 is 15.0. The van der Waals surface area contributed by atoms with Gasteiger partial charge in [-0.2, -0.15) is 0 Å². The zero-order valence-corrected chi connectivity index (χ0v) is 8.79. The van der Waals surface area contributed by atoms with E-state index in [-0.39, 0.29) is 11.9 Å². The van der Waals surface area contributed by atoms with E-state index in [1.54, 1.807) is 20.1 Å². The second-order valence-electron chi connectivity index (χ2n) is 3.03. The molecule has 4 nitrogen and oxygen atoms in total. The van der Waals surface area contributed by atoms with Crippen molar-refractivity contribution in [2.24, 2.45) is 0 Å². The Morgan fingerprint density at radius 3 is 2.64 bits per heavy atom. The van der Waals surface area contributed by atoms with Crippen molar-refractivity contribution in [2.75, 3.05) is 14.2 Å². The van der Waals surface area contributed by atoms with Crippen LogP contribution in [0.3, 0.4) is 0 Å². The molecule has 1 heterocycles. The van der Waals surface area contributed by atoms with Crippen LogP contribution in [0.1, 0.15) is 34.9 Å². The lowest BCUT2D eigenvalue weighted by Crippen LogP contribution is -2.00. The summed E-state index contributed by atoms with van der Waals surface area (Å²) >= 11 is 0. The van der Waals surface area contributed by atoms with Crippen LogP contribution in [0, 0.1) is 6.92 Å². The van der Waals surface area contributed by atoms with E-state index in [2.05, 4.69) is 4.74 Å². The third-order valence-electron chi connectivity index (χ3n) is 2.06. The summed E-state index contributed by atoms with van der Waals surface area (Å²) in [4.78, 5) is 11.2. The van der Waals surface area contributed by atoms with Crippen molar-refractivity contribution in [1.29, 1.82) is 0 Å². The lowest BCUT2D eigenvalue weighted by molar-refractivity contribution is 0.0545. The molecule has 0 spiro atoms. The SMILES string of the molecule is COC(=O)c1oc(C(C)OC)cc1C. The monoisotopic (exact) mass is 198 g/mol. The molecule has 4 heteroatoms. The van der Waals surface area contributed by atoms with Gasteiger partial charge in [-0.3, -0.25) is 0 Å². The van der Waals surface area contributed by atoms with Gasteiger partial charge in [-0.1, -0.05) is 0 Å². The van der Waals surface area contributed by atoms with Gasteiger partial charge in [0.05, 0.1) is 7.11 Å². The van der Waals surface area contributed by atoms with Crippen molar-refractivity contribution >= 4 is 5.97 Å². The predicted octanol–water partition coefficient (Wildman–Crippen LogP) is 2.08. The number of esters is 1. The Morgan fingerprint density at radius 1 is 1.50 bits per heavy atom. The largest absolute Gasteiger partial charge is 0.463 e. The van der Waals surface area contributed by atoms with Gasteiger partial charge >= 0.3 is 5.97 Å². The highest BCUT2D eigenvalue weighted by Crippen LogP contribution is 2.22. The molecule has 1 atom stereocenters. The Kier molecular flexibility index (Phi) is 3.30. The number of methoxy groups -OCH3 is 2. The maximum absolute atomic E-state index is 11.2. The lowest BCUT2D eigenvalue weighted by atomic mass is 10.2. The summed E-state index contributed by atoms with van der Waals surface area (Å²) in [6.07, 6.45) is -0.160. The smallest absolute Gasteiger partial charge is 0.374 e. The van der Waals surface area contributed by atoms with Crippen molar-refractivity contribution in [3.63, 3.8) is 0 Å². The molecule has 0 saturated heterocycles. The number of hydrogen-bond acceptors (Lipinski definition) is 4. The molecule has 0 fully saturated rings. The number of rotatable bonds is 3. The summed E-state index contributed by atoms with van der Waals surface area (Å²) in [6, 6.07) is 1.78. The van der Waals surface area contributed by atoms with Crippen molar-refractivity contribution in [3.05, 3.63) is 23.2 Å². The van der Waals surface area contributed by atoms with E-state index >= 15 is 0 Å². The fourth-order valence-electron chi connectivity index (χ4n) is 1.12. The van der Waals surface area contributed by atoms with Gasteiger partial charge in [-0.15, -0.1) is 0 Å². The molecule has 78 valence electrons. The minimum absolute atomic E-state index is 0.160. The number of carbonyl (C=O) groups is 1. The Hall–Kier alpha value is -1.29. The van der Waals surface area contributed by atoms with E-state index in [9.17, 15) is 4.79 Å². The normalized spacial score (nSPS) is 12.6. The van der Waals surface area contributed by atoms with Gasteiger partial charge in [-0.05, 0) is 19.9 Å². The second kappa shape index (κ2) is 4.28. The molecule has 0 aromatic carbocycles. The zero-order valence-electron chi connectivity index (χ0n) is 8.79. The minimum Gasteiger partial charge on any atom is -0.463 e. The first-order valence-electron chi connectivity index (χ1n) is 4.31. The maximum Gasteiger partial charge on any atom is 0.374 e. The van der Waals surface area contributed by atoms with Crippen molar-refractivity contribution < 1.29 is 18.7 Å². The standard InChI is InChI=1S/C10H14O4/c1-6-5-8(7(2)12-3)14-9(6)10(11)13-4/h5,7H,1-4H3. The zero-order chi connectivity index (χ0) is 10.7. The molecule has 1 aromatic rings. The van der Waals surface area contributed by atoms with Crippen molar-refractivity contribution in [2.45, 2.75) is 20.0 Å². The Bertz CT molecular complexity index is 327. The molecule has 0 aliphatic heterocycles. The van der Waals surface area contributed by atoms with Gasteiger partial charge < -0.3 is 13.9 Å². The highest BCUT2D eigenvalue weighted by Gasteiger charge is 2.18. The van der Waals surface area contributed by atoms with Crippen LogP contribution in [-0.4, -0.2) is 20.2 Å². The van der Waals surface area contributed by atoms with Crippen LogP contribution in [-0.2, 0) is 9.47 Å². The third-order valence-corrected chi connectivity index (χ3v) is 2.06. The molecule has 1 unspecified atom stereocenters. The molecule has 0 bridgehead atoms. The number of furan rings is 1. The summed E-state index contributed by atoms with van der Waals surface area (Å²) in [7, 11) is 2.91. The fourth-order valence-corrected chi connectivity index (χ4v) is 1.12. The van der Waals surface area contributed by atoms with Crippen LogP contribution >= 0.6 is 0 Å². The first-order valence-corrected chi connectivity index (χ1v) is 4.31. The lowest BCUT2D eigenvalue weighted by Gasteiger charge is -2.04. The van der Waals surface area contributed by atoms with Crippen LogP contribution in [0.15, 0.2) is 10.5 Å². The van der Waals surface area contributed by atoms with E-state index in [0.717, 1.165) is 5.56 Å². The van der Waals surface area contributed by atoms with Crippen molar-refractivity contribution in [1.82, 2.24) is 0 Å². The number of aryl methyl sites for hydroxylation is 1. The molecule has 0 aliphatic carbocycles. The van der Waals surface area contributed by atoms with E-state index in [1.165, 1.54) is 7.11 Å². The van der Waals surface area contributed by atoms with E-state index in [1.807, 2.05) is 6.92 Å². The highest BCUT2D eigenvalue weighted by atomic mass is 16.5. The Balaban J connectivity index is 2.98. The molecule has 0 radical (unpaired) electrons. The molecular weight excluding hydrogens is 184 g/mol. The van der Waals surface area contributed by atoms with Crippen LogP contribution in [0.4, 0.5) is 0 Å². The summed E-state index contributed by atoms with van der Waals surface area (Å²) in [5, 5.41) is 0. The average Bonchev–Trinajstić information content (AvgIpc) is 2.58. The Labute approximate surface area is 82.8 Å². The number of carbonyl (C=O) groups excluding carboxylic acids is 1.